The highest BCUT2D eigenvalue weighted by atomic mass is 32.2. The molecule has 0 bridgehead atoms. The average Bonchev–Trinajstić information content (AvgIpc) is 3.22. The molecule has 9 nitrogen and oxygen atoms in total. The standard InChI is InChI=1S/C22H26N4O5S/c1-15(27)17-4-5-19(20(12-17)30-3)31-13-18(28)14-32-22-25-24-21(26(22)10-11-29-2)16-6-8-23-9-7-16/h4-9,12,18,28H,10-11,13-14H2,1-3H3. The van der Waals surface area contributed by atoms with E-state index in [0.717, 1.165) is 5.56 Å². The van der Waals surface area contributed by atoms with E-state index in [-0.39, 0.29) is 12.4 Å². The zero-order chi connectivity index (χ0) is 22.9. The van der Waals surface area contributed by atoms with Crippen LogP contribution in [0.15, 0.2) is 47.9 Å². The van der Waals surface area contributed by atoms with Crippen LogP contribution in [0.1, 0.15) is 17.3 Å². The largest absolute Gasteiger partial charge is 0.493 e. The third-order valence-corrected chi connectivity index (χ3v) is 5.69. The Hall–Kier alpha value is -2.95. The van der Waals surface area contributed by atoms with Gasteiger partial charge in [-0.3, -0.25) is 14.3 Å². The maximum absolute atomic E-state index is 11.5. The van der Waals surface area contributed by atoms with Crippen LogP contribution < -0.4 is 9.47 Å². The van der Waals surface area contributed by atoms with Gasteiger partial charge in [0.25, 0.3) is 0 Å². The molecule has 32 heavy (non-hydrogen) atoms. The van der Waals surface area contributed by atoms with Crippen LogP contribution >= 0.6 is 11.8 Å². The van der Waals surface area contributed by atoms with Gasteiger partial charge in [-0.2, -0.15) is 0 Å². The Labute approximate surface area is 190 Å². The molecule has 1 unspecified atom stereocenters. The van der Waals surface area contributed by atoms with Gasteiger partial charge in [0.15, 0.2) is 28.3 Å². The van der Waals surface area contributed by atoms with Gasteiger partial charge in [-0.1, -0.05) is 11.8 Å². The highest BCUT2D eigenvalue weighted by molar-refractivity contribution is 7.99. The van der Waals surface area contributed by atoms with E-state index in [2.05, 4.69) is 15.2 Å². The molecule has 0 aliphatic rings. The predicted octanol–water partition coefficient (Wildman–Crippen LogP) is 2.73. The van der Waals surface area contributed by atoms with Crippen LogP contribution in [0.3, 0.4) is 0 Å². The molecular formula is C22H26N4O5S. The lowest BCUT2D eigenvalue weighted by atomic mass is 10.1. The van der Waals surface area contributed by atoms with Crippen LogP contribution in [0.5, 0.6) is 11.5 Å². The molecule has 1 N–H and O–H groups in total. The fourth-order valence-electron chi connectivity index (χ4n) is 2.90. The van der Waals surface area contributed by atoms with Crippen molar-refractivity contribution in [2.45, 2.75) is 24.7 Å². The number of benzene rings is 1. The Morgan fingerprint density at radius 1 is 1.16 bits per heavy atom. The van der Waals surface area contributed by atoms with Crippen molar-refractivity contribution in [2.24, 2.45) is 0 Å². The number of rotatable bonds is 12. The fraction of sp³-hybridized carbons (Fsp3) is 0.364. The zero-order valence-electron chi connectivity index (χ0n) is 18.2. The summed E-state index contributed by atoms with van der Waals surface area (Å²) >= 11 is 1.38. The van der Waals surface area contributed by atoms with Crippen molar-refractivity contribution in [1.29, 1.82) is 0 Å². The lowest BCUT2D eigenvalue weighted by Crippen LogP contribution is -2.20. The number of carbonyl (C=O) groups excluding carboxylic acids is 1. The van der Waals surface area contributed by atoms with E-state index in [1.165, 1.54) is 25.8 Å². The summed E-state index contributed by atoms with van der Waals surface area (Å²) in [7, 11) is 3.15. The second kappa shape index (κ2) is 11.6. The molecule has 1 atom stereocenters. The lowest BCUT2D eigenvalue weighted by Gasteiger charge is -2.15. The number of carbonyl (C=O) groups is 1. The van der Waals surface area contributed by atoms with E-state index >= 15 is 0 Å². The Bertz CT molecular complexity index is 1030. The minimum atomic E-state index is -0.755. The van der Waals surface area contributed by atoms with E-state index in [4.69, 9.17) is 14.2 Å². The van der Waals surface area contributed by atoms with Gasteiger partial charge in [-0.15, -0.1) is 10.2 Å². The SMILES string of the molecule is COCCn1c(SCC(O)COc2ccc(C(C)=O)cc2OC)nnc1-c1ccncc1. The zero-order valence-corrected chi connectivity index (χ0v) is 19.0. The van der Waals surface area contributed by atoms with Crippen molar-refractivity contribution >= 4 is 17.5 Å². The van der Waals surface area contributed by atoms with Crippen molar-refractivity contribution in [2.75, 3.05) is 33.2 Å². The molecule has 0 saturated heterocycles. The number of aliphatic hydroxyl groups excluding tert-OH is 1. The summed E-state index contributed by atoms with van der Waals surface area (Å²) in [5.41, 5.74) is 1.44. The third-order valence-electron chi connectivity index (χ3n) is 4.58. The number of ether oxygens (including phenoxy) is 3. The van der Waals surface area contributed by atoms with Crippen molar-refractivity contribution in [3.63, 3.8) is 0 Å². The van der Waals surface area contributed by atoms with Gasteiger partial charge in [-0.25, -0.2) is 0 Å². The number of aromatic nitrogens is 4. The van der Waals surface area contributed by atoms with Crippen LogP contribution in [0.25, 0.3) is 11.4 Å². The summed E-state index contributed by atoms with van der Waals surface area (Å²) in [4.78, 5) is 15.6. The minimum Gasteiger partial charge on any atom is -0.493 e. The molecule has 0 saturated carbocycles. The molecule has 0 radical (unpaired) electrons. The topological polar surface area (TPSA) is 109 Å². The summed E-state index contributed by atoms with van der Waals surface area (Å²) in [5, 5.41) is 19.7. The van der Waals surface area contributed by atoms with E-state index in [0.29, 0.717) is 46.9 Å². The van der Waals surface area contributed by atoms with Gasteiger partial charge in [-0.05, 0) is 37.3 Å². The molecule has 3 rings (SSSR count). The monoisotopic (exact) mass is 458 g/mol. The summed E-state index contributed by atoms with van der Waals surface area (Å²) < 4.78 is 18.2. The first-order valence-electron chi connectivity index (χ1n) is 9.98. The van der Waals surface area contributed by atoms with Gasteiger partial charge in [0.05, 0.1) is 26.4 Å². The summed E-state index contributed by atoms with van der Waals surface area (Å²) in [6, 6.07) is 8.69. The molecule has 2 aromatic heterocycles. The maximum atomic E-state index is 11.5. The normalized spacial score (nSPS) is 11.9. The average molecular weight is 459 g/mol. The van der Waals surface area contributed by atoms with Crippen molar-refractivity contribution < 1.29 is 24.1 Å². The first-order chi connectivity index (χ1) is 15.5. The Morgan fingerprint density at radius 3 is 2.62 bits per heavy atom. The minimum absolute atomic E-state index is 0.0602. The first-order valence-corrected chi connectivity index (χ1v) is 11.0. The van der Waals surface area contributed by atoms with Crippen LogP contribution in [0, 0.1) is 0 Å². The van der Waals surface area contributed by atoms with Gasteiger partial charge in [0.1, 0.15) is 6.61 Å². The number of methoxy groups -OCH3 is 2. The molecule has 170 valence electrons. The number of ketones is 1. The van der Waals surface area contributed by atoms with Gasteiger partial charge in [0.2, 0.25) is 0 Å². The molecule has 0 aliphatic heterocycles. The van der Waals surface area contributed by atoms with Crippen molar-refractivity contribution in [3.8, 4) is 22.9 Å². The second-order valence-electron chi connectivity index (χ2n) is 6.88. The van der Waals surface area contributed by atoms with E-state index < -0.39 is 6.10 Å². The number of nitrogens with zero attached hydrogens (tertiary/aromatic N) is 4. The van der Waals surface area contributed by atoms with E-state index in [1.54, 1.807) is 37.7 Å². The van der Waals surface area contributed by atoms with Crippen molar-refractivity contribution in [3.05, 3.63) is 48.3 Å². The molecule has 0 aliphatic carbocycles. The smallest absolute Gasteiger partial charge is 0.191 e. The predicted molar refractivity (Wildman–Crippen MR) is 120 cm³/mol. The summed E-state index contributed by atoms with van der Waals surface area (Å²) in [6.07, 6.45) is 2.65. The third kappa shape index (κ3) is 6.06. The Balaban J connectivity index is 1.63. The van der Waals surface area contributed by atoms with Gasteiger partial charge < -0.3 is 19.3 Å². The quantitative estimate of drug-likeness (QED) is 0.324. The fourth-order valence-corrected chi connectivity index (χ4v) is 3.77. The lowest BCUT2D eigenvalue weighted by molar-refractivity contribution is 0.101. The van der Waals surface area contributed by atoms with E-state index in [1.807, 2.05) is 16.7 Å². The van der Waals surface area contributed by atoms with Gasteiger partial charge in [0, 0.05) is 36.4 Å². The summed E-state index contributed by atoms with van der Waals surface area (Å²) in [6.45, 7) is 2.63. The van der Waals surface area contributed by atoms with Crippen LogP contribution in [0.4, 0.5) is 0 Å². The second-order valence-corrected chi connectivity index (χ2v) is 7.87. The summed E-state index contributed by atoms with van der Waals surface area (Å²) in [5.74, 6) is 1.92. The molecule has 1 aromatic carbocycles. The number of pyridine rings is 1. The maximum Gasteiger partial charge on any atom is 0.191 e. The van der Waals surface area contributed by atoms with E-state index in [9.17, 15) is 9.90 Å². The molecule has 0 fully saturated rings. The van der Waals surface area contributed by atoms with Gasteiger partial charge >= 0.3 is 0 Å². The number of Topliss-reactive ketones (excluding diaryl/α,β-unsaturated/α-hetero) is 1. The Kier molecular flexibility index (Phi) is 8.60. The number of hydrogen-bond donors (Lipinski definition) is 1. The van der Waals surface area contributed by atoms with Crippen LogP contribution in [0.2, 0.25) is 0 Å². The number of aliphatic hydroxyl groups is 1. The molecule has 10 heteroatoms. The molecule has 2 heterocycles. The molecular weight excluding hydrogens is 432 g/mol. The number of hydrogen-bond acceptors (Lipinski definition) is 9. The molecule has 3 aromatic rings. The van der Waals surface area contributed by atoms with Crippen LogP contribution in [-0.2, 0) is 11.3 Å². The highest BCUT2D eigenvalue weighted by Crippen LogP contribution is 2.29. The van der Waals surface area contributed by atoms with Crippen molar-refractivity contribution in [1.82, 2.24) is 19.7 Å². The molecule has 0 spiro atoms. The van der Waals surface area contributed by atoms with Crippen LogP contribution in [-0.4, -0.2) is 69.9 Å². The first kappa shape index (κ1) is 23.7. The molecule has 0 amide bonds. The number of thioether (sulfide) groups is 1. The highest BCUT2D eigenvalue weighted by Gasteiger charge is 2.17. The Morgan fingerprint density at radius 2 is 1.94 bits per heavy atom.